The molecule has 0 aliphatic carbocycles. The maximum Gasteiger partial charge on any atom is 0.163 e. The van der Waals surface area contributed by atoms with Crippen molar-refractivity contribution in [1.29, 1.82) is 0 Å². The molecule has 4 aromatic rings. The summed E-state index contributed by atoms with van der Waals surface area (Å²) in [7, 11) is -1.83. The molecule has 0 saturated heterocycles. The monoisotopic (exact) mass is 333 g/mol. The van der Waals surface area contributed by atoms with Gasteiger partial charge in [-0.25, -0.2) is 9.97 Å². The van der Waals surface area contributed by atoms with Gasteiger partial charge in [0.25, 0.3) is 0 Å². The van der Waals surface area contributed by atoms with Crippen LogP contribution in [-0.4, -0.2) is 22.4 Å². The van der Waals surface area contributed by atoms with Gasteiger partial charge in [0.05, 0.1) is 11.0 Å². The fourth-order valence-electron chi connectivity index (χ4n) is 3.21. The van der Waals surface area contributed by atoms with Crippen molar-refractivity contribution in [2.24, 2.45) is 0 Å². The van der Waals surface area contributed by atoms with Gasteiger partial charge in [-0.15, -0.1) is 0 Å². The minimum Gasteiger partial charge on any atom is -0.352 e. The van der Waals surface area contributed by atoms with Crippen LogP contribution in [0.2, 0.25) is 18.1 Å². The van der Waals surface area contributed by atoms with E-state index in [2.05, 4.69) is 68.4 Å². The molecule has 2 heterocycles. The molecule has 0 aliphatic heterocycles. The first kappa shape index (κ1) is 15.3. The van der Waals surface area contributed by atoms with E-state index >= 15 is 0 Å². The number of rotatable bonds is 1. The Kier molecular flexibility index (Phi) is 3.13. The van der Waals surface area contributed by atoms with Crippen molar-refractivity contribution in [2.45, 2.75) is 38.9 Å². The highest BCUT2D eigenvalue weighted by Crippen LogP contribution is 2.41. The normalized spacial score (nSPS) is 13.2. The lowest BCUT2D eigenvalue weighted by Gasteiger charge is -2.38. The second-order valence-electron chi connectivity index (χ2n) is 8.05. The maximum atomic E-state index is 5.03. The van der Waals surface area contributed by atoms with Gasteiger partial charge in [0.2, 0.25) is 0 Å². The smallest absolute Gasteiger partial charge is 0.163 e. The van der Waals surface area contributed by atoms with Gasteiger partial charge >= 0.3 is 0 Å². The Morgan fingerprint density at radius 3 is 2.08 bits per heavy atom. The topological polar surface area (TPSA) is 30.7 Å². The van der Waals surface area contributed by atoms with Crippen LogP contribution in [0.15, 0.2) is 48.5 Å². The number of hydrogen-bond acceptors (Lipinski definition) is 2. The predicted molar refractivity (Wildman–Crippen MR) is 105 cm³/mol. The lowest BCUT2D eigenvalue weighted by Crippen LogP contribution is -2.45. The lowest BCUT2D eigenvalue weighted by molar-refractivity contribution is 0.705. The van der Waals surface area contributed by atoms with E-state index in [0.29, 0.717) is 0 Å². The predicted octanol–water partition coefficient (Wildman–Crippen LogP) is 5.59. The van der Waals surface area contributed by atoms with Gasteiger partial charge in [-0.2, -0.15) is 0 Å². The highest BCUT2D eigenvalue weighted by atomic mass is 28.3. The molecule has 0 atom stereocenters. The van der Waals surface area contributed by atoms with Gasteiger partial charge in [-0.1, -0.05) is 64.2 Å². The summed E-state index contributed by atoms with van der Waals surface area (Å²) in [6.07, 6.45) is 0. The molecule has 0 N–H and O–H groups in total. The fraction of sp³-hybridized carbons (Fsp3) is 0.300. The molecule has 4 heteroatoms. The molecule has 0 spiro atoms. The Morgan fingerprint density at radius 1 is 0.833 bits per heavy atom. The number of aromatic nitrogens is 3. The molecular formula is C20H23N3Si. The SMILES string of the molecule is CC(C)(C)[Si](C)(C)n1c2ccccc2c2nc3ccccc3nc21. The Labute approximate surface area is 143 Å². The first-order valence-corrected chi connectivity index (χ1v) is 11.4. The van der Waals surface area contributed by atoms with Crippen LogP contribution in [0.5, 0.6) is 0 Å². The van der Waals surface area contributed by atoms with Crippen LogP contribution in [0.25, 0.3) is 33.1 Å². The van der Waals surface area contributed by atoms with E-state index < -0.39 is 8.24 Å². The average molecular weight is 334 g/mol. The van der Waals surface area contributed by atoms with Crippen molar-refractivity contribution in [3.8, 4) is 0 Å². The molecular weight excluding hydrogens is 310 g/mol. The van der Waals surface area contributed by atoms with Crippen LogP contribution < -0.4 is 0 Å². The zero-order valence-corrected chi connectivity index (χ0v) is 16.0. The average Bonchev–Trinajstić information content (AvgIpc) is 2.85. The minimum atomic E-state index is -1.83. The summed E-state index contributed by atoms with van der Waals surface area (Å²) in [6, 6.07) is 16.7. The molecule has 0 bridgehead atoms. The summed E-state index contributed by atoms with van der Waals surface area (Å²) in [5, 5.41) is 1.42. The van der Waals surface area contributed by atoms with Gasteiger partial charge in [-0.05, 0) is 23.2 Å². The molecule has 0 fully saturated rings. The molecule has 0 saturated carbocycles. The Hall–Kier alpha value is -2.20. The van der Waals surface area contributed by atoms with E-state index in [4.69, 9.17) is 9.97 Å². The van der Waals surface area contributed by atoms with E-state index in [0.717, 1.165) is 22.2 Å². The Balaban J connectivity index is 2.23. The summed E-state index contributed by atoms with van der Waals surface area (Å²) in [5.41, 5.74) is 5.24. The van der Waals surface area contributed by atoms with Crippen LogP contribution in [0.4, 0.5) is 0 Å². The summed E-state index contributed by atoms with van der Waals surface area (Å²) < 4.78 is 2.51. The molecule has 0 amide bonds. The van der Waals surface area contributed by atoms with E-state index in [9.17, 15) is 0 Å². The third-order valence-electron chi connectivity index (χ3n) is 5.56. The van der Waals surface area contributed by atoms with Crippen LogP contribution in [0.1, 0.15) is 20.8 Å². The van der Waals surface area contributed by atoms with Gasteiger partial charge < -0.3 is 4.23 Å². The third-order valence-corrected chi connectivity index (χ3v) is 10.8. The van der Waals surface area contributed by atoms with Crippen LogP contribution >= 0.6 is 0 Å². The second-order valence-corrected chi connectivity index (χ2v) is 13.1. The first-order chi connectivity index (χ1) is 11.3. The van der Waals surface area contributed by atoms with Crippen LogP contribution in [0.3, 0.4) is 0 Å². The van der Waals surface area contributed by atoms with Gasteiger partial charge in [0, 0.05) is 10.9 Å². The van der Waals surface area contributed by atoms with Crippen molar-refractivity contribution in [3.05, 3.63) is 48.5 Å². The number of benzene rings is 2. The summed E-state index contributed by atoms with van der Waals surface area (Å²) in [5.74, 6) is 0. The first-order valence-electron chi connectivity index (χ1n) is 8.47. The molecule has 2 aromatic carbocycles. The van der Waals surface area contributed by atoms with Gasteiger partial charge in [0.15, 0.2) is 13.9 Å². The fourth-order valence-corrected chi connectivity index (χ4v) is 5.37. The number of nitrogens with zero attached hydrogens (tertiary/aromatic N) is 3. The zero-order chi connectivity index (χ0) is 17.1. The summed E-state index contributed by atoms with van der Waals surface area (Å²) in [6.45, 7) is 11.9. The quantitative estimate of drug-likeness (QED) is 0.425. The molecule has 0 radical (unpaired) electrons. The Bertz CT molecular complexity index is 1070. The van der Waals surface area contributed by atoms with Crippen molar-refractivity contribution in [1.82, 2.24) is 14.2 Å². The van der Waals surface area contributed by atoms with E-state index in [1.165, 1.54) is 10.9 Å². The summed E-state index contributed by atoms with van der Waals surface area (Å²) >= 11 is 0. The molecule has 4 rings (SSSR count). The minimum absolute atomic E-state index is 0.217. The standard InChI is InChI=1S/C20H23N3Si/c1-20(2,3)24(4,5)23-17-13-9-6-10-14(17)18-19(23)22-16-12-8-7-11-15(16)21-18/h6-13H,1-5H3. The van der Waals surface area contributed by atoms with Crippen LogP contribution in [0, 0.1) is 0 Å². The summed E-state index contributed by atoms with van der Waals surface area (Å²) in [4.78, 5) is 9.99. The molecule has 0 aliphatic rings. The highest BCUT2D eigenvalue weighted by Gasteiger charge is 2.40. The van der Waals surface area contributed by atoms with E-state index in [-0.39, 0.29) is 5.04 Å². The largest absolute Gasteiger partial charge is 0.352 e. The number of para-hydroxylation sites is 3. The Morgan fingerprint density at radius 2 is 1.42 bits per heavy atom. The van der Waals surface area contributed by atoms with E-state index in [1.54, 1.807) is 0 Å². The second kappa shape index (κ2) is 4.90. The molecule has 3 nitrogen and oxygen atoms in total. The van der Waals surface area contributed by atoms with Crippen LogP contribution in [-0.2, 0) is 0 Å². The van der Waals surface area contributed by atoms with Crippen molar-refractivity contribution < 1.29 is 0 Å². The van der Waals surface area contributed by atoms with Gasteiger partial charge in [0.1, 0.15) is 5.52 Å². The molecule has 24 heavy (non-hydrogen) atoms. The molecule has 122 valence electrons. The molecule has 0 unspecified atom stereocenters. The van der Waals surface area contributed by atoms with Crippen molar-refractivity contribution in [3.63, 3.8) is 0 Å². The van der Waals surface area contributed by atoms with Crippen molar-refractivity contribution in [2.75, 3.05) is 0 Å². The maximum absolute atomic E-state index is 5.03. The van der Waals surface area contributed by atoms with Gasteiger partial charge in [-0.3, -0.25) is 0 Å². The zero-order valence-electron chi connectivity index (χ0n) is 15.0. The van der Waals surface area contributed by atoms with E-state index in [1.807, 2.05) is 18.2 Å². The third kappa shape index (κ3) is 2.02. The molecule has 2 aromatic heterocycles. The number of hydrogen-bond donors (Lipinski definition) is 0. The van der Waals surface area contributed by atoms with Crippen molar-refractivity contribution >= 4 is 41.3 Å². The number of fused-ring (bicyclic) bond motifs is 4. The lowest BCUT2D eigenvalue weighted by atomic mass is 10.2. The highest BCUT2D eigenvalue weighted by molar-refractivity contribution is 6.80.